The van der Waals surface area contributed by atoms with Crippen LogP contribution in [-0.4, -0.2) is 37.2 Å². The van der Waals surface area contributed by atoms with E-state index < -0.39 is 30.1 Å². The number of carbonyl (C=O) groups excluding carboxylic acids is 3. The second-order valence-corrected chi connectivity index (χ2v) is 8.74. The van der Waals surface area contributed by atoms with Gasteiger partial charge in [-0.1, -0.05) is 71.7 Å². The number of carbonyl (C=O) groups is 3. The predicted octanol–water partition coefficient (Wildman–Crippen LogP) is 4.25. The monoisotopic (exact) mass is 524 g/mol. The maximum atomic E-state index is 12.9. The Hall–Kier alpha value is -2.58. The Morgan fingerprint density at radius 2 is 1.75 bits per heavy atom. The molecule has 2 atom stereocenters. The van der Waals surface area contributed by atoms with E-state index >= 15 is 0 Å². The van der Waals surface area contributed by atoms with E-state index in [1.807, 2.05) is 30.3 Å². The van der Waals surface area contributed by atoms with Crippen LogP contribution in [0.2, 0.25) is 5.02 Å². The first-order chi connectivity index (χ1) is 15.2. The van der Waals surface area contributed by atoms with E-state index in [4.69, 9.17) is 21.1 Å². The van der Waals surface area contributed by atoms with Crippen LogP contribution < -0.4 is 10.6 Å². The zero-order valence-electron chi connectivity index (χ0n) is 18.1. The van der Waals surface area contributed by atoms with Gasteiger partial charge in [-0.25, -0.2) is 9.59 Å². The molecule has 0 radical (unpaired) electrons. The average Bonchev–Trinajstić information content (AvgIpc) is 2.77. The van der Waals surface area contributed by atoms with Crippen LogP contribution >= 0.6 is 27.5 Å². The maximum Gasteiger partial charge on any atom is 0.408 e. The number of alkyl carbamates (subject to hydrolysis) is 1. The fourth-order valence-corrected chi connectivity index (χ4v) is 3.55. The quantitative estimate of drug-likeness (QED) is 0.477. The highest BCUT2D eigenvalue weighted by molar-refractivity contribution is 9.10. The molecule has 0 saturated heterocycles. The van der Waals surface area contributed by atoms with Crippen LogP contribution in [0.1, 0.15) is 25.0 Å². The Kier molecular flexibility index (Phi) is 9.99. The van der Waals surface area contributed by atoms with E-state index in [0.29, 0.717) is 5.02 Å². The molecular weight excluding hydrogens is 500 g/mol. The van der Waals surface area contributed by atoms with Crippen LogP contribution in [0.25, 0.3) is 0 Å². The van der Waals surface area contributed by atoms with Crippen molar-refractivity contribution in [2.75, 3.05) is 7.11 Å². The number of methoxy groups -OCH3 is 1. The van der Waals surface area contributed by atoms with Crippen LogP contribution in [-0.2, 0) is 32.1 Å². The summed E-state index contributed by atoms with van der Waals surface area (Å²) >= 11 is 9.48. The van der Waals surface area contributed by atoms with Gasteiger partial charge in [0.2, 0.25) is 5.91 Å². The molecule has 0 spiro atoms. The minimum Gasteiger partial charge on any atom is -0.467 e. The summed E-state index contributed by atoms with van der Waals surface area (Å²) in [5.74, 6) is -1.39. The number of nitrogens with one attached hydrogen (secondary N) is 2. The summed E-state index contributed by atoms with van der Waals surface area (Å²) in [7, 11) is 1.24. The zero-order chi connectivity index (χ0) is 23.7. The molecule has 0 aromatic heterocycles. The third-order valence-electron chi connectivity index (χ3n) is 4.67. The molecule has 0 saturated carbocycles. The first-order valence-electron chi connectivity index (χ1n) is 10.0. The van der Waals surface area contributed by atoms with Gasteiger partial charge in [0.25, 0.3) is 0 Å². The molecule has 172 valence electrons. The van der Waals surface area contributed by atoms with Gasteiger partial charge in [0.05, 0.1) is 7.11 Å². The molecule has 0 bridgehead atoms. The average molecular weight is 526 g/mol. The minimum absolute atomic E-state index is 0.0761. The van der Waals surface area contributed by atoms with Crippen LogP contribution in [0.5, 0.6) is 0 Å². The van der Waals surface area contributed by atoms with E-state index in [0.717, 1.165) is 15.6 Å². The molecule has 0 fully saturated rings. The van der Waals surface area contributed by atoms with E-state index in [-0.39, 0.29) is 18.9 Å². The molecule has 2 rings (SSSR count). The topological polar surface area (TPSA) is 93.7 Å². The zero-order valence-corrected chi connectivity index (χ0v) is 20.4. The Morgan fingerprint density at radius 1 is 1.06 bits per heavy atom. The smallest absolute Gasteiger partial charge is 0.408 e. The van der Waals surface area contributed by atoms with E-state index in [1.165, 1.54) is 7.11 Å². The van der Waals surface area contributed by atoms with E-state index in [9.17, 15) is 14.4 Å². The summed E-state index contributed by atoms with van der Waals surface area (Å²) in [5.41, 5.74) is 1.55. The van der Waals surface area contributed by atoms with Crippen LogP contribution in [0.15, 0.2) is 53.0 Å². The lowest BCUT2D eigenvalue weighted by molar-refractivity contribution is -0.145. The molecule has 2 N–H and O–H groups in total. The van der Waals surface area contributed by atoms with Crippen molar-refractivity contribution in [2.45, 2.75) is 39.0 Å². The first-order valence-corrected chi connectivity index (χ1v) is 11.2. The maximum absolute atomic E-state index is 12.9. The van der Waals surface area contributed by atoms with Crippen molar-refractivity contribution < 1.29 is 23.9 Å². The Bertz CT molecular complexity index is 939. The summed E-state index contributed by atoms with van der Waals surface area (Å²) in [6.07, 6.45) is -0.571. The van der Waals surface area contributed by atoms with E-state index in [2.05, 4.69) is 26.6 Å². The molecule has 0 unspecified atom stereocenters. The lowest BCUT2D eigenvalue weighted by Crippen LogP contribution is -2.54. The lowest BCUT2D eigenvalue weighted by atomic mass is 10.0. The van der Waals surface area contributed by atoms with Gasteiger partial charge in [-0.3, -0.25) is 4.79 Å². The number of ether oxygens (including phenoxy) is 2. The molecule has 0 aliphatic rings. The third kappa shape index (κ3) is 7.84. The fraction of sp³-hybridized carbons (Fsp3) is 0.348. The Balaban J connectivity index is 2.06. The molecule has 7 nitrogen and oxygen atoms in total. The second-order valence-electron chi connectivity index (χ2n) is 7.45. The molecule has 2 aromatic rings. The van der Waals surface area contributed by atoms with Crippen molar-refractivity contribution in [3.05, 3.63) is 69.2 Å². The lowest BCUT2D eigenvalue weighted by Gasteiger charge is -2.24. The number of hydrogen-bond acceptors (Lipinski definition) is 5. The predicted molar refractivity (Wildman–Crippen MR) is 125 cm³/mol. The standard InChI is InChI=1S/C23H26BrClN2O5/c1-14(2)20(27-23(30)32-13-15-7-5-4-6-8-15)21(28)26-19(22(29)31-3)12-16-11-17(25)9-10-18(16)24/h4-11,14,19-20H,12-13H2,1-3H3,(H,26,28)(H,27,30)/t19-,20+/m1/s1. The van der Waals surface area contributed by atoms with Crippen LogP contribution in [0, 0.1) is 5.92 Å². The number of amides is 2. The second kappa shape index (κ2) is 12.5. The van der Waals surface area contributed by atoms with Crippen molar-refractivity contribution in [3.63, 3.8) is 0 Å². The van der Waals surface area contributed by atoms with E-state index in [1.54, 1.807) is 32.0 Å². The largest absolute Gasteiger partial charge is 0.467 e. The van der Waals surface area contributed by atoms with Crippen LogP contribution in [0.4, 0.5) is 4.79 Å². The summed E-state index contributed by atoms with van der Waals surface area (Å²) in [5, 5.41) is 5.75. The molecule has 2 amide bonds. The third-order valence-corrected chi connectivity index (χ3v) is 5.68. The number of hydrogen-bond donors (Lipinski definition) is 2. The van der Waals surface area contributed by atoms with Crippen molar-refractivity contribution in [3.8, 4) is 0 Å². The number of benzene rings is 2. The molecule has 0 heterocycles. The van der Waals surface area contributed by atoms with Crippen LogP contribution in [0.3, 0.4) is 0 Å². The Morgan fingerprint density at radius 3 is 2.38 bits per heavy atom. The summed E-state index contributed by atoms with van der Waals surface area (Å²) in [6.45, 7) is 3.64. The summed E-state index contributed by atoms with van der Waals surface area (Å²) in [6, 6.07) is 12.5. The number of esters is 1. The number of halogens is 2. The van der Waals surface area contributed by atoms with Gasteiger partial charge in [-0.15, -0.1) is 0 Å². The van der Waals surface area contributed by atoms with Gasteiger partial charge in [-0.2, -0.15) is 0 Å². The molecule has 2 aromatic carbocycles. The Labute approximate surface area is 200 Å². The van der Waals surface area contributed by atoms with Gasteiger partial charge in [-0.05, 0) is 35.2 Å². The highest BCUT2D eigenvalue weighted by atomic mass is 79.9. The van der Waals surface area contributed by atoms with Gasteiger partial charge in [0, 0.05) is 15.9 Å². The van der Waals surface area contributed by atoms with Crippen molar-refractivity contribution in [2.24, 2.45) is 5.92 Å². The summed E-state index contributed by atoms with van der Waals surface area (Å²) < 4.78 is 10.8. The normalized spacial score (nSPS) is 12.6. The fourth-order valence-electron chi connectivity index (χ4n) is 2.94. The van der Waals surface area contributed by atoms with Gasteiger partial charge in [0.1, 0.15) is 18.7 Å². The summed E-state index contributed by atoms with van der Waals surface area (Å²) in [4.78, 5) is 37.5. The SMILES string of the molecule is COC(=O)[C@@H](Cc1cc(Cl)ccc1Br)NC(=O)[C@@H](NC(=O)OCc1ccccc1)C(C)C. The minimum atomic E-state index is -0.967. The molecule has 9 heteroatoms. The molecular formula is C23H26BrClN2O5. The van der Waals surface area contributed by atoms with Crippen molar-refractivity contribution in [1.29, 1.82) is 0 Å². The van der Waals surface area contributed by atoms with Gasteiger partial charge >= 0.3 is 12.1 Å². The van der Waals surface area contributed by atoms with Gasteiger partial charge < -0.3 is 20.1 Å². The highest BCUT2D eigenvalue weighted by Gasteiger charge is 2.30. The van der Waals surface area contributed by atoms with Crippen molar-refractivity contribution >= 4 is 45.5 Å². The molecule has 0 aliphatic carbocycles. The van der Waals surface area contributed by atoms with Crippen molar-refractivity contribution in [1.82, 2.24) is 10.6 Å². The number of rotatable bonds is 9. The highest BCUT2D eigenvalue weighted by Crippen LogP contribution is 2.23. The molecule has 32 heavy (non-hydrogen) atoms. The molecule has 0 aliphatic heterocycles. The van der Waals surface area contributed by atoms with Gasteiger partial charge in [0.15, 0.2) is 0 Å². The first kappa shape index (κ1) is 25.7.